The Kier molecular flexibility index (Phi) is 7.28. The van der Waals surface area contributed by atoms with Gasteiger partial charge < -0.3 is 15.4 Å². The van der Waals surface area contributed by atoms with Gasteiger partial charge in [-0.05, 0) is 23.6 Å². The van der Waals surface area contributed by atoms with Crippen LogP contribution in [0.1, 0.15) is 30.3 Å². The molecule has 2 heterocycles. The molecule has 3 rings (SSSR count). The van der Waals surface area contributed by atoms with E-state index in [1.54, 1.807) is 12.1 Å². The zero-order valence-electron chi connectivity index (χ0n) is 16.6. The van der Waals surface area contributed by atoms with Gasteiger partial charge in [-0.25, -0.2) is 13.2 Å². The Morgan fingerprint density at radius 3 is 2.48 bits per heavy atom. The van der Waals surface area contributed by atoms with Gasteiger partial charge >= 0.3 is 6.03 Å². The van der Waals surface area contributed by atoms with E-state index in [0.29, 0.717) is 30.5 Å². The first-order chi connectivity index (χ1) is 13.9. The average molecular weight is 438 g/mol. The summed E-state index contributed by atoms with van der Waals surface area (Å²) >= 11 is 1.18. The molecule has 2 aromatic rings. The maximum Gasteiger partial charge on any atom is 0.315 e. The fourth-order valence-corrected chi connectivity index (χ4v) is 6.02. The molecule has 9 heteroatoms. The second-order valence-corrected chi connectivity index (χ2v) is 10.5. The average Bonchev–Trinajstić information content (AvgIpc) is 3.21. The molecule has 7 nitrogen and oxygen atoms in total. The van der Waals surface area contributed by atoms with Gasteiger partial charge in [0.15, 0.2) is 0 Å². The lowest BCUT2D eigenvalue weighted by Gasteiger charge is -2.25. The van der Waals surface area contributed by atoms with Crippen LogP contribution in [0.4, 0.5) is 4.79 Å². The molecule has 0 bridgehead atoms. The standard InChI is InChI=1S/C20H27N3O4S2/c1-15(2)19(16-6-4-3-5-7-16)22-20(24)21-14-17-8-9-18(28-17)29(25,26)23-10-12-27-13-11-23/h3-9,15,19H,10-14H2,1-2H3,(H2,21,22,24)/t19-/m1/s1. The molecule has 0 aliphatic carbocycles. The van der Waals surface area contributed by atoms with Crippen molar-refractivity contribution in [2.75, 3.05) is 26.3 Å². The van der Waals surface area contributed by atoms with Crippen LogP contribution >= 0.6 is 11.3 Å². The van der Waals surface area contributed by atoms with Gasteiger partial charge in [0, 0.05) is 18.0 Å². The molecular formula is C20H27N3O4S2. The summed E-state index contributed by atoms with van der Waals surface area (Å²) in [5.74, 6) is 0.232. The lowest BCUT2D eigenvalue weighted by molar-refractivity contribution is 0.0731. The number of nitrogens with one attached hydrogen (secondary N) is 2. The minimum atomic E-state index is -3.50. The molecule has 0 spiro atoms. The molecule has 0 radical (unpaired) electrons. The van der Waals surface area contributed by atoms with Crippen LogP contribution in [-0.4, -0.2) is 45.1 Å². The summed E-state index contributed by atoms with van der Waals surface area (Å²) in [5, 5.41) is 5.84. The largest absolute Gasteiger partial charge is 0.379 e. The molecule has 1 aliphatic heterocycles. The molecule has 2 amide bonds. The number of rotatable bonds is 7. The number of amides is 2. The zero-order valence-corrected chi connectivity index (χ0v) is 18.3. The highest BCUT2D eigenvalue weighted by atomic mass is 32.2. The summed E-state index contributed by atoms with van der Waals surface area (Å²) in [5.41, 5.74) is 1.05. The lowest BCUT2D eigenvalue weighted by atomic mass is 9.96. The fraction of sp³-hybridized carbons (Fsp3) is 0.450. The smallest absolute Gasteiger partial charge is 0.315 e. The molecule has 0 unspecified atom stereocenters. The number of ether oxygens (including phenoxy) is 1. The molecule has 158 valence electrons. The Bertz CT molecular complexity index is 907. The van der Waals surface area contributed by atoms with Crippen LogP contribution in [0.15, 0.2) is 46.7 Å². The lowest BCUT2D eigenvalue weighted by Crippen LogP contribution is -2.40. The second-order valence-electron chi connectivity index (χ2n) is 7.20. The number of thiophene rings is 1. The zero-order chi connectivity index (χ0) is 20.9. The third kappa shape index (κ3) is 5.57. The molecule has 1 aromatic heterocycles. The van der Waals surface area contributed by atoms with Gasteiger partial charge in [0.05, 0.1) is 25.8 Å². The van der Waals surface area contributed by atoms with Crippen molar-refractivity contribution in [2.24, 2.45) is 5.92 Å². The van der Waals surface area contributed by atoms with E-state index < -0.39 is 10.0 Å². The van der Waals surface area contributed by atoms with Crippen molar-refractivity contribution in [1.29, 1.82) is 0 Å². The molecule has 1 aromatic carbocycles. The van der Waals surface area contributed by atoms with Gasteiger partial charge in [0.1, 0.15) is 4.21 Å². The van der Waals surface area contributed by atoms with Crippen LogP contribution in [0.25, 0.3) is 0 Å². The van der Waals surface area contributed by atoms with Crippen LogP contribution < -0.4 is 10.6 Å². The van der Waals surface area contributed by atoms with E-state index in [0.717, 1.165) is 10.4 Å². The summed E-state index contributed by atoms with van der Waals surface area (Å²) in [6, 6.07) is 12.8. The molecule has 2 N–H and O–H groups in total. The Morgan fingerprint density at radius 1 is 1.14 bits per heavy atom. The Balaban J connectivity index is 1.58. The topological polar surface area (TPSA) is 87.7 Å². The molecule has 29 heavy (non-hydrogen) atoms. The third-order valence-corrected chi connectivity index (χ3v) is 8.19. The van der Waals surface area contributed by atoms with Crippen molar-refractivity contribution in [3.8, 4) is 0 Å². The predicted octanol–water partition coefficient (Wildman–Crippen LogP) is 2.97. The van der Waals surface area contributed by atoms with Crippen LogP contribution in [0, 0.1) is 5.92 Å². The number of hydrogen-bond acceptors (Lipinski definition) is 5. The monoisotopic (exact) mass is 437 g/mol. The first kappa shape index (κ1) is 21.8. The normalized spacial score (nSPS) is 16.5. The number of nitrogens with zero attached hydrogens (tertiary/aromatic N) is 1. The molecule has 1 saturated heterocycles. The summed E-state index contributed by atoms with van der Waals surface area (Å²) in [6.45, 7) is 5.95. The van der Waals surface area contributed by atoms with Crippen LogP contribution in [0.5, 0.6) is 0 Å². The van der Waals surface area contributed by atoms with E-state index in [4.69, 9.17) is 4.74 Å². The van der Waals surface area contributed by atoms with E-state index in [2.05, 4.69) is 24.5 Å². The van der Waals surface area contributed by atoms with Crippen molar-refractivity contribution >= 4 is 27.4 Å². The number of benzene rings is 1. The van der Waals surface area contributed by atoms with Crippen molar-refractivity contribution in [2.45, 2.75) is 30.6 Å². The van der Waals surface area contributed by atoms with Gasteiger partial charge in [-0.1, -0.05) is 44.2 Å². The van der Waals surface area contributed by atoms with Crippen LogP contribution in [0.2, 0.25) is 0 Å². The minimum Gasteiger partial charge on any atom is -0.379 e. The van der Waals surface area contributed by atoms with Gasteiger partial charge in [-0.15, -0.1) is 11.3 Å². The number of hydrogen-bond donors (Lipinski definition) is 2. The maximum atomic E-state index is 12.7. The minimum absolute atomic E-state index is 0.100. The molecular weight excluding hydrogens is 410 g/mol. The predicted molar refractivity (Wildman–Crippen MR) is 113 cm³/mol. The van der Waals surface area contributed by atoms with Gasteiger partial charge in [-0.3, -0.25) is 0 Å². The van der Waals surface area contributed by atoms with Crippen molar-refractivity contribution < 1.29 is 17.9 Å². The van der Waals surface area contributed by atoms with Crippen molar-refractivity contribution in [3.05, 3.63) is 52.9 Å². The number of urea groups is 1. The Morgan fingerprint density at radius 2 is 1.83 bits per heavy atom. The van der Waals surface area contributed by atoms with E-state index in [1.807, 2.05) is 30.3 Å². The molecule has 0 saturated carbocycles. The SMILES string of the molecule is CC(C)[C@@H](NC(=O)NCc1ccc(S(=O)(=O)N2CCOCC2)s1)c1ccccc1. The summed E-state index contributed by atoms with van der Waals surface area (Å²) < 4.78 is 32.4. The first-order valence-electron chi connectivity index (χ1n) is 9.64. The number of morpholine rings is 1. The summed E-state index contributed by atoms with van der Waals surface area (Å²) in [6.07, 6.45) is 0. The molecule has 1 atom stereocenters. The number of carbonyl (C=O) groups is 1. The van der Waals surface area contributed by atoms with E-state index >= 15 is 0 Å². The van der Waals surface area contributed by atoms with Crippen molar-refractivity contribution in [1.82, 2.24) is 14.9 Å². The van der Waals surface area contributed by atoms with Gasteiger partial charge in [0.25, 0.3) is 10.0 Å². The Hall–Kier alpha value is -1.94. The van der Waals surface area contributed by atoms with E-state index in [-0.39, 0.29) is 24.5 Å². The molecule has 1 fully saturated rings. The van der Waals surface area contributed by atoms with Gasteiger partial charge in [0.2, 0.25) is 0 Å². The quantitative estimate of drug-likeness (QED) is 0.697. The number of sulfonamides is 1. The third-order valence-electron chi connectivity index (χ3n) is 4.74. The highest BCUT2D eigenvalue weighted by Crippen LogP contribution is 2.26. The van der Waals surface area contributed by atoms with Crippen LogP contribution in [0.3, 0.4) is 0 Å². The first-order valence-corrected chi connectivity index (χ1v) is 11.9. The highest BCUT2D eigenvalue weighted by molar-refractivity contribution is 7.91. The summed E-state index contributed by atoms with van der Waals surface area (Å²) in [7, 11) is -3.50. The second kappa shape index (κ2) is 9.71. The Labute approximate surface area is 176 Å². The van der Waals surface area contributed by atoms with E-state index in [1.165, 1.54) is 15.6 Å². The molecule has 1 aliphatic rings. The number of carbonyl (C=O) groups excluding carboxylic acids is 1. The fourth-order valence-electron chi connectivity index (χ4n) is 3.16. The van der Waals surface area contributed by atoms with Gasteiger partial charge in [-0.2, -0.15) is 4.31 Å². The maximum absolute atomic E-state index is 12.7. The van der Waals surface area contributed by atoms with E-state index in [9.17, 15) is 13.2 Å². The highest BCUT2D eigenvalue weighted by Gasteiger charge is 2.27. The van der Waals surface area contributed by atoms with Crippen molar-refractivity contribution in [3.63, 3.8) is 0 Å². The summed E-state index contributed by atoms with van der Waals surface area (Å²) in [4.78, 5) is 13.2. The van der Waals surface area contributed by atoms with Crippen LogP contribution in [-0.2, 0) is 21.3 Å².